The lowest BCUT2D eigenvalue weighted by molar-refractivity contribution is 0.0600. The van der Waals surface area contributed by atoms with Gasteiger partial charge in [-0.1, -0.05) is 11.6 Å². The van der Waals surface area contributed by atoms with Gasteiger partial charge in [-0.3, -0.25) is 0 Å². The fourth-order valence-electron chi connectivity index (χ4n) is 2.94. The fourth-order valence-corrected chi connectivity index (χ4v) is 3.11. The minimum Gasteiger partial charge on any atom is -0.465 e. The van der Waals surface area contributed by atoms with E-state index in [2.05, 4.69) is 5.32 Å². The Morgan fingerprint density at radius 1 is 1.42 bits per heavy atom. The third-order valence-corrected chi connectivity index (χ3v) is 4.84. The van der Waals surface area contributed by atoms with Crippen molar-refractivity contribution in [1.29, 1.82) is 0 Å². The molecule has 0 aromatic heterocycles. The SMILES string of the molecule is COC(=O)c1cc(N)c(Cl)c(NC(C)C2CCN(C(=O)O)CC2)c1. The molecule has 0 saturated carbocycles. The summed E-state index contributed by atoms with van der Waals surface area (Å²) in [5.41, 5.74) is 7.07. The number of amides is 1. The van der Waals surface area contributed by atoms with E-state index in [9.17, 15) is 9.59 Å². The molecule has 1 fully saturated rings. The topological polar surface area (TPSA) is 105 Å². The van der Waals surface area contributed by atoms with E-state index >= 15 is 0 Å². The molecule has 0 bridgehead atoms. The van der Waals surface area contributed by atoms with Gasteiger partial charge >= 0.3 is 12.1 Å². The summed E-state index contributed by atoms with van der Waals surface area (Å²) < 4.78 is 4.72. The number of benzene rings is 1. The van der Waals surface area contributed by atoms with Gasteiger partial charge in [0, 0.05) is 19.1 Å². The number of piperidine rings is 1. The van der Waals surface area contributed by atoms with Crippen molar-refractivity contribution in [2.45, 2.75) is 25.8 Å². The van der Waals surface area contributed by atoms with Crippen molar-refractivity contribution in [2.75, 3.05) is 31.2 Å². The Morgan fingerprint density at radius 3 is 2.58 bits per heavy atom. The van der Waals surface area contributed by atoms with E-state index in [1.165, 1.54) is 18.1 Å². The van der Waals surface area contributed by atoms with Crippen LogP contribution in [0, 0.1) is 5.92 Å². The van der Waals surface area contributed by atoms with Crippen molar-refractivity contribution in [2.24, 2.45) is 5.92 Å². The van der Waals surface area contributed by atoms with Gasteiger partial charge in [0.1, 0.15) is 0 Å². The number of nitrogen functional groups attached to an aromatic ring is 1. The normalized spacial score (nSPS) is 16.5. The molecule has 1 amide bonds. The van der Waals surface area contributed by atoms with Crippen LogP contribution in [0.15, 0.2) is 12.1 Å². The first-order valence-electron chi connectivity index (χ1n) is 7.75. The van der Waals surface area contributed by atoms with Crippen LogP contribution in [0.2, 0.25) is 5.02 Å². The molecule has 8 heteroatoms. The molecule has 24 heavy (non-hydrogen) atoms. The zero-order valence-corrected chi connectivity index (χ0v) is 14.5. The monoisotopic (exact) mass is 355 g/mol. The maximum atomic E-state index is 11.7. The van der Waals surface area contributed by atoms with Gasteiger partial charge in [0.15, 0.2) is 0 Å². The van der Waals surface area contributed by atoms with E-state index < -0.39 is 12.1 Å². The number of hydrogen-bond donors (Lipinski definition) is 3. The molecule has 1 heterocycles. The number of carbonyl (C=O) groups is 2. The maximum Gasteiger partial charge on any atom is 0.407 e. The third-order valence-electron chi connectivity index (χ3n) is 4.42. The number of anilines is 2. The van der Waals surface area contributed by atoms with Crippen LogP contribution >= 0.6 is 11.6 Å². The minimum atomic E-state index is -0.879. The van der Waals surface area contributed by atoms with E-state index in [-0.39, 0.29) is 6.04 Å². The molecule has 0 spiro atoms. The second-order valence-corrected chi connectivity index (χ2v) is 6.34. The average Bonchev–Trinajstić information content (AvgIpc) is 2.57. The molecule has 4 N–H and O–H groups in total. The summed E-state index contributed by atoms with van der Waals surface area (Å²) in [6.07, 6.45) is 0.657. The standard InChI is InChI=1S/C16H22ClN3O4/c1-9(10-3-5-20(6-4-10)16(22)23)19-13-8-11(15(21)24-2)7-12(18)14(13)17/h7-10,19H,3-6,18H2,1-2H3,(H,22,23). The molecule has 132 valence electrons. The molecule has 1 aromatic rings. The van der Waals surface area contributed by atoms with E-state index in [0.29, 0.717) is 41.0 Å². The number of hydrogen-bond acceptors (Lipinski definition) is 5. The predicted molar refractivity (Wildman–Crippen MR) is 92.6 cm³/mol. The molecular weight excluding hydrogens is 334 g/mol. The lowest BCUT2D eigenvalue weighted by atomic mass is 9.90. The highest BCUT2D eigenvalue weighted by atomic mass is 35.5. The number of ether oxygens (including phenoxy) is 1. The van der Waals surface area contributed by atoms with Gasteiger partial charge in [0.2, 0.25) is 0 Å². The van der Waals surface area contributed by atoms with Gasteiger partial charge in [-0.2, -0.15) is 0 Å². The van der Waals surface area contributed by atoms with Crippen LogP contribution in [0.3, 0.4) is 0 Å². The van der Waals surface area contributed by atoms with Crippen molar-refractivity contribution in [3.05, 3.63) is 22.7 Å². The summed E-state index contributed by atoms with van der Waals surface area (Å²) in [7, 11) is 1.30. The molecule has 7 nitrogen and oxygen atoms in total. The van der Waals surface area contributed by atoms with Crippen molar-refractivity contribution >= 4 is 35.0 Å². The predicted octanol–water partition coefficient (Wildman–Crippen LogP) is 2.90. The van der Waals surface area contributed by atoms with Crippen molar-refractivity contribution in [1.82, 2.24) is 4.90 Å². The summed E-state index contributed by atoms with van der Waals surface area (Å²) in [5.74, 6) is -0.177. The van der Waals surface area contributed by atoms with Crippen LogP contribution in [-0.2, 0) is 4.74 Å². The molecule has 2 rings (SSSR count). The van der Waals surface area contributed by atoms with Gasteiger partial charge in [0.05, 0.1) is 29.1 Å². The van der Waals surface area contributed by atoms with Crippen LogP contribution in [0.4, 0.5) is 16.2 Å². The lowest BCUT2D eigenvalue weighted by Gasteiger charge is -2.34. The summed E-state index contributed by atoms with van der Waals surface area (Å²) in [6, 6.07) is 3.16. The third kappa shape index (κ3) is 4.03. The highest BCUT2D eigenvalue weighted by Gasteiger charge is 2.26. The van der Waals surface area contributed by atoms with Crippen molar-refractivity contribution in [3.63, 3.8) is 0 Å². The number of likely N-dealkylation sites (tertiary alicyclic amines) is 1. The van der Waals surface area contributed by atoms with E-state index in [1.54, 1.807) is 6.07 Å². The number of esters is 1. The average molecular weight is 356 g/mol. The molecule has 1 atom stereocenters. The van der Waals surface area contributed by atoms with Crippen LogP contribution < -0.4 is 11.1 Å². The number of halogens is 1. The van der Waals surface area contributed by atoms with Gasteiger partial charge < -0.3 is 25.8 Å². The smallest absolute Gasteiger partial charge is 0.407 e. The Kier molecular flexibility index (Phi) is 5.77. The Labute approximate surface area is 145 Å². The molecule has 0 aliphatic carbocycles. The Balaban J connectivity index is 2.09. The fraction of sp³-hybridized carbons (Fsp3) is 0.500. The molecule has 1 aliphatic rings. The summed E-state index contributed by atoms with van der Waals surface area (Å²) >= 11 is 6.24. The van der Waals surface area contributed by atoms with E-state index in [4.69, 9.17) is 27.2 Å². The van der Waals surface area contributed by atoms with Crippen molar-refractivity contribution in [3.8, 4) is 0 Å². The molecule has 1 unspecified atom stereocenters. The van der Waals surface area contributed by atoms with Crippen LogP contribution in [0.5, 0.6) is 0 Å². The number of rotatable bonds is 4. The molecule has 1 aromatic carbocycles. The zero-order valence-electron chi connectivity index (χ0n) is 13.7. The van der Waals surface area contributed by atoms with Gasteiger partial charge in [-0.15, -0.1) is 0 Å². The number of carbonyl (C=O) groups excluding carboxylic acids is 1. The van der Waals surface area contributed by atoms with Gasteiger partial charge in [0.25, 0.3) is 0 Å². The van der Waals surface area contributed by atoms with E-state index in [1.807, 2.05) is 6.92 Å². The number of carboxylic acid groups (broad SMARTS) is 1. The Morgan fingerprint density at radius 2 is 2.04 bits per heavy atom. The summed E-state index contributed by atoms with van der Waals surface area (Å²) in [5, 5.41) is 12.7. The van der Waals surface area contributed by atoms with E-state index in [0.717, 1.165) is 12.8 Å². The highest BCUT2D eigenvalue weighted by Crippen LogP contribution is 2.32. The van der Waals surface area contributed by atoms with Crippen molar-refractivity contribution < 1.29 is 19.4 Å². The summed E-state index contributed by atoms with van der Waals surface area (Å²) in [4.78, 5) is 24.1. The Bertz CT molecular complexity index is 630. The first-order valence-corrected chi connectivity index (χ1v) is 8.13. The van der Waals surface area contributed by atoms with Gasteiger partial charge in [-0.05, 0) is 37.8 Å². The largest absolute Gasteiger partial charge is 0.465 e. The first-order chi connectivity index (χ1) is 11.3. The molecule has 1 saturated heterocycles. The molecular formula is C16H22ClN3O4. The first kappa shape index (κ1) is 18.2. The Hall–Kier alpha value is -2.15. The number of nitrogens with two attached hydrogens (primary N) is 1. The quantitative estimate of drug-likeness (QED) is 0.566. The molecule has 0 radical (unpaired) electrons. The van der Waals surface area contributed by atoms with Crippen LogP contribution in [0.25, 0.3) is 0 Å². The second-order valence-electron chi connectivity index (χ2n) is 5.96. The second kappa shape index (κ2) is 7.61. The molecule has 1 aliphatic heterocycles. The number of nitrogens with one attached hydrogen (secondary N) is 1. The minimum absolute atomic E-state index is 0.0609. The summed E-state index contributed by atoms with van der Waals surface area (Å²) in [6.45, 7) is 3.05. The lowest BCUT2D eigenvalue weighted by Crippen LogP contribution is -2.41. The maximum absolute atomic E-state index is 11.7. The van der Waals surface area contributed by atoms with Crippen LogP contribution in [0.1, 0.15) is 30.1 Å². The van der Waals surface area contributed by atoms with Gasteiger partial charge in [-0.25, -0.2) is 9.59 Å². The van der Waals surface area contributed by atoms with Crippen LogP contribution in [-0.4, -0.2) is 48.3 Å². The number of methoxy groups -OCH3 is 1. The highest BCUT2D eigenvalue weighted by molar-refractivity contribution is 6.36. The number of nitrogens with zero attached hydrogens (tertiary/aromatic N) is 1. The zero-order chi connectivity index (χ0) is 17.9.